The predicted molar refractivity (Wildman–Crippen MR) is 89.3 cm³/mol. The Hall–Kier alpha value is -0.770. The number of rotatable bonds is 7. The van der Waals surface area contributed by atoms with Gasteiger partial charge in [0.1, 0.15) is 5.82 Å². The number of benzene rings is 1. The van der Waals surface area contributed by atoms with Crippen LogP contribution in [0.1, 0.15) is 44.8 Å². The van der Waals surface area contributed by atoms with Gasteiger partial charge < -0.3 is 9.30 Å². The van der Waals surface area contributed by atoms with Crippen LogP contribution in [0.25, 0.3) is 11.0 Å². The molecule has 116 valence electrons. The molecule has 1 aromatic carbocycles. The smallest absolute Gasteiger partial charge is 0.127 e. The van der Waals surface area contributed by atoms with E-state index in [9.17, 15) is 0 Å². The lowest BCUT2D eigenvalue weighted by atomic mass is 10.3. The number of fused-ring (bicyclic) bond motifs is 1. The Kier molecular flexibility index (Phi) is 5.91. The van der Waals surface area contributed by atoms with Gasteiger partial charge in [0.15, 0.2) is 0 Å². The summed E-state index contributed by atoms with van der Waals surface area (Å²) in [5, 5.41) is 0.601. The average molecular weight is 329 g/mol. The van der Waals surface area contributed by atoms with Crippen molar-refractivity contribution in [3.05, 3.63) is 29.0 Å². The van der Waals surface area contributed by atoms with E-state index in [0.29, 0.717) is 0 Å². The Morgan fingerprint density at radius 1 is 1.24 bits per heavy atom. The third-order valence-corrected chi connectivity index (χ3v) is 3.75. The van der Waals surface area contributed by atoms with Gasteiger partial charge >= 0.3 is 0 Å². The van der Waals surface area contributed by atoms with E-state index in [1.807, 2.05) is 25.1 Å². The van der Waals surface area contributed by atoms with Crippen molar-refractivity contribution in [2.75, 3.05) is 6.61 Å². The number of hydrogen-bond donors (Lipinski definition) is 0. The molecule has 0 fully saturated rings. The van der Waals surface area contributed by atoms with Crippen LogP contribution >= 0.6 is 23.2 Å². The van der Waals surface area contributed by atoms with E-state index in [2.05, 4.69) is 23.4 Å². The Labute approximate surface area is 136 Å². The molecule has 1 heterocycles. The van der Waals surface area contributed by atoms with Gasteiger partial charge in [-0.15, -0.1) is 11.6 Å². The van der Waals surface area contributed by atoms with E-state index >= 15 is 0 Å². The topological polar surface area (TPSA) is 27.1 Å². The summed E-state index contributed by atoms with van der Waals surface area (Å²) in [5.41, 5.74) is 2.00. The molecule has 0 aliphatic carbocycles. The molecule has 0 N–H and O–H groups in total. The summed E-state index contributed by atoms with van der Waals surface area (Å²) in [6, 6.07) is 5.76. The van der Waals surface area contributed by atoms with Gasteiger partial charge in [-0.05, 0) is 51.8 Å². The summed E-state index contributed by atoms with van der Waals surface area (Å²) in [7, 11) is 0. The lowest BCUT2D eigenvalue weighted by molar-refractivity contribution is 0.0754. The minimum atomic E-state index is -0.122. The standard InChI is InChI=1S/C16H22Cl2N2O/c1-11(2)21-9-5-4-8-20-15-10-13(18)6-7-14(15)19-16(20)12(3)17/h6-7,10-12H,4-5,8-9H2,1-3H3. The highest BCUT2D eigenvalue weighted by molar-refractivity contribution is 6.31. The zero-order chi connectivity index (χ0) is 15.4. The first kappa shape index (κ1) is 16.6. The lowest BCUT2D eigenvalue weighted by Crippen LogP contribution is -2.07. The number of ether oxygens (including phenoxy) is 1. The molecule has 3 nitrogen and oxygen atoms in total. The number of aromatic nitrogens is 2. The van der Waals surface area contributed by atoms with Crippen molar-refractivity contribution in [1.29, 1.82) is 0 Å². The number of unbranched alkanes of at least 4 members (excludes halogenated alkanes) is 1. The molecular formula is C16H22Cl2N2O. The second kappa shape index (κ2) is 7.48. The van der Waals surface area contributed by atoms with Crippen molar-refractivity contribution < 1.29 is 4.74 Å². The van der Waals surface area contributed by atoms with E-state index in [1.165, 1.54) is 0 Å². The van der Waals surface area contributed by atoms with Crippen LogP contribution in [0, 0.1) is 0 Å². The number of hydrogen-bond acceptors (Lipinski definition) is 2. The molecule has 21 heavy (non-hydrogen) atoms. The molecule has 0 amide bonds. The molecular weight excluding hydrogens is 307 g/mol. The summed E-state index contributed by atoms with van der Waals surface area (Å²) in [5.74, 6) is 0.902. The number of nitrogens with zero attached hydrogens (tertiary/aromatic N) is 2. The molecule has 2 aromatic rings. The van der Waals surface area contributed by atoms with Gasteiger partial charge in [-0.1, -0.05) is 11.6 Å². The van der Waals surface area contributed by atoms with E-state index in [4.69, 9.17) is 27.9 Å². The van der Waals surface area contributed by atoms with Crippen LogP contribution in [0.5, 0.6) is 0 Å². The highest BCUT2D eigenvalue weighted by Gasteiger charge is 2.14. The van der Waals surface area contributed by atoms with Crippen molar-refractivity contribution in [2.24, 2.45) is 0 Å². The first-order valence-electron chi connectivity index (χ1n) is 7.40. The van der Waals surface area contributed by atoms with Crippen molar-refractivity contribution in [2.45, 2.75) is 51.6 Å². The molecule has 0 saturated carbocycles. The Morgan fingerprint density at radius 3 is 2.67 bits per heavy atom. The zero-order valence-corrected chi connectivity index (χ0v) is 14.3. The van der Waals surface area contributed by atoms with E-state index in [1.54, 1.807) is 0 Å². The Morgan fingerprint density at radius 2 is 2.00 bits per heavy atom. The minimum absolute atomic E-state index is 0.122. The average Bonchev–Trinajstić information content (AvgIpc) is 2.76. The second-order valence-electron chi connectivity index (χ2n) is 5.50. The second-order valence-corrected chi connectivity index (χ2v) is 6.59. The van der Waals surface area contributed by atoms with Gasteiger partial charge in [-0.3, -0.25) is 0 Å². The largest absolute Gasteiger partial charge is 0.379 e. The van der Waals surface area contributed by atoms with Crippen LogP contribution in [-0.2, 0) is 11.3 Å². The monoisotopic (exact) mass is 328 g/mol. The van der Waals surface area contributed by atoms with Gasteiger partial charge in [-0.2, -0.15) is 0 Å². The van der Waals surface area contributed by atoms with Crippen LogP contribution in [0.4, 0.5) is 0 Å². The third kappa shape index (κ3) is 4.35. The number of imidazole rings is 1. The van der Waals surface area contributed by atoms with Crippen LogP contribution in [0.2, 0.25) is 5.02 Å². The maximum atomic E-state index is 6.26. The van der Waals surface area contributed by atoms with E-state index < -0.39 is 0 Å². The third-order valence-electron chi connectivity index (χ3n) is 3.32. The van der Waals surface area contributed by atoms with Crippen molar-refractivity contribution in [3.63, 3.8) is 0 Å². The fourth-order valence-electron chi connectivity index (χ4n) is 2.34. The van der Waals surface area contributed by atoms with Crippen molar-refractivity contribution in [3.8, 4) is 0 Å². The number of halogens is 2. The molecule has 0 radical (unpaired) electrons. The number of aryl methyl sites for hydroxylation is 1. The molecule has 1 aromatic heterocycles. The SMILES string of the molecule is CC(C)OCCCCn1c(C(C)Cl)nc2ccc(Cl)cc21. The van der Waals surface area contributed by atoms with Gasteiger partial charge in [0.25, 0.3) is 0 Å². The minimum Gasteiger partial charge on any atom is -0.379 e. The summed E-state index contributed by atoms with van der Waals surface area (Å²) in [6.45, 7) is 7.72. The maximum Gasteiger partial charge on any atom is 0.127 e. The molecule has 0 bridgehead atoms. The number of alkyl halides is 1. The normalized spacial score (nSPS) is 13.2. The first-order valence-corrected chi connectivity index (χ1v) is 8.22. The van der Waals surface area contributed by atoms with E-state index in [-0.39, 0.29) is 11.5 Å². The molecule has 0 aliphatic rings. The summed E-state index contributed by atoms with van der Waals surface area (Å²) >= 11 is 12.4. The molecule has 1 atom stereocenters. The summed E-state index contributed by atoms with van der Waals surface area (Å²) < 4.78 is 7.75. The Balaban J connectivity index is 2.12. The predicted octanol–water partition coefficient (Wildman–Crippen LogP) is 5.19. The van der Waals surface area contributed by atoms with Gasteiger partial charge in [0, 0.05) is 18.2 Å². The molecule has 1 unspecified atom stereocenters. The molecule has 0 aliphatic heterocycles. The van der Waals surface area contributed by atoms with Crippen molar-refractivity contribution in [1.82, 2.24) is 9.55 Å². The van der Waals surface area contributed by atoms with Crippen molar-refractivity contribution >= 4 is 34.2 Å². The quantitative estimate of drug-likeness (QED) is 0.516. The van der Waals surface area contributed by atoms with Crippen LogP contribution in [-0.4, -0.2) is 22.3 Å². The van der Waals surface area contributed by atoms with Gasteiger partial charge in [0.05, 0.1) is 22.5 Å². The Bertz CT molecular complexity index is 593. The molecule has 0 saturated heterocycles. The highest BCUT2D eigenvalue weighted by Crippen LogP contribution is 2.27. The highest BCUT2D eigenvalue weighted by atomic mass is 35.5. The van der Waals surface area contributed by atoms with Crippen LogP contribution in [0.15, 0.2) is 18.2 Å². The molecule has 5 heteroatoms. The fraction of sp³-hybridized carbons (Fsp3) is 0.562. The first-order chi connectivity index (χ1) is 9.99. The molecule has 0 spiro atoms. The van der Waals surface area contributed by atoms with Gasteiger partial charge in [0.2, 0.25) is 0 Å². The zero-order valence-electron chi connectivity index (χ0n) is 12.8. The molecule has 2 rings (SSSR count). The fourth-order valence-corrected chi connectivity index (χ4v) is 2.68. The van der Waals surface area contributed by atoms with Crippen LogP contribution < -0.4 is 0 Å². The maximum absolute atomic E-state index is 6.26. The van der Waals surface area contributed by atoms with E-state index in [0.717, 1.165) is 47.9 Å². The summed E-state index contributed by atoms with van der Waals surface area (Å²) in [4.78, 5) is 4.62. The summed E-state index contributed by atoms with van der Waals surface area (Å²) in [6.07, 6.45) is 2.34. The van der Waals surface area contributed by atoms with Gasteiger partial charge in [-0.25, -0.2) is 4.98 Å². The van der Waals surface area contributed by atoms with Crippen LogP contribution in [0.3, 0.4) is 0 Å². The lowest BCUT2D eigenvalue weighted by Gasteiger charge is -2.11.